The monoisotopic (exact) mass is 583 g/mol. The van der Waals surface area contributed by atoms with Crippen LogP contribution in [0, 0.1) is 11.3 Å². The van der Waals surface area contributed by atoms with Gasteiger partial charge in [0.15, 0.2) is 0 Å². The molecule has 228 valence electrons. The highest BCUT2D eigenvalue weighted by Crippen LogP contribution is 2.32. The van der Waals surface area contributed by atoms with E-state index in [2.05, 4.69) is 50.4 Å². The lowest BCUT2D eigenvalue weighted by Crippen LogP contribution is -2.43. The molecule has 1 aliphatic carbocycles. The van der Waals surface area contributed by atoms with Crippen molar-refractivity contribution < 1.29 is 19.4 Å². The lowest BCUT2D eigenvalue weighted by molar-refractivity contribution is -0.136. The zero-order valence-electron chi connectivity index (χ0n) is 25.9. The molecule has 0 bridgehead atoms. The Hall–Kier alpha value is -4.13. The number of nitrogens with zero attached hydrogens (tertiary/aromatic N) is 1. The van der Waals surface area contributed by atoms with Gasteiger partial charge in [-0.05, 0) is 83.9 Å². The van der Waals surface area contributed by atoms with E-state index in [0.29, 0.717) is 49.2 Å². The van der Waals surface area contributed by atoms with Crippen LogP contribution in [0.5, 0.6) is 5.75 Å². The molecule has 7 nitrogen and oxygen atoms in total. The molecule has 0 unspecified atom stereocenters. The predicted molar refractivity (Wildman–Crippen MR) is 172 cm³/mol. The average Bonchev–Trinajstić information content (AvgIpc) is 3.80. The van der Waals surface area contributed by atoms with Crippen LogP contribution in [-0.4, -0.2) is 41.0 Å². The number of carbonyl (C=O) groups is 2. The first-order valence-corrected chi connectivity index (χ1v) is 15.3. The summed E-state index contributed by atoms with van der Waals surface area (Å²) in [6, 6.07) is 22.0. The smallest absolute Gasteiger partial charge is 0.323 e. The fourth-order valence-electron chi connectivity index (χ4n) is 5.05. The van der Waals surface area contributed by atoms with Crippen LogP contribution in [-0.2, 0) is 29.6 Å². The largest absolute Gasteiger partial charge is 0.493 e. The van der Waals surface area contributed by atoms with Crippen LogP contribution in [0.2, 0.25) is 0 Å². The number of ether oxygens (including phenoxy) is 1. The lowest BCUT2D eigenvalue weighted by Gasteiger charge is -2.22. The summed E-state index contributed by atoms with van der Waals surface area (Å²) in [5.41, 5.74) is 6.14. The number of nitrogens with one attached hydrogen (secondary N) is 2. The van der Waals surface area contributed by atoms with Crippen LogP contribution in [0.4, 0.5) is 4.79 Å². The van der Waals surface area contributed by atoms with E-state index in [1.165, 1.54) is 23.3 Å². The van der Waals surface area contributed by atoms with Crippen molar-refractivity contribution in [3.8, 4) is 16.9 Å². The Bertz CT molecular complexity index is 1420. The Balaban J connectivity index is 1.31. The molecular formula is C36H45N3O4. The van der Waals surface area contributed by atoms with Gasteiger partial charge in [0, 0.05) is 25.1 Å². The van der Waals surface area contributed by atoms with E-state index in [9.17, 15) is 14.7 Å². The Morgan fingerprint density at radius 3 is 2.37 bits per heavy atom. The first-order chi connectivity index (χ1) is 20.5. The standard InChI is InChI=1S/C36H45N3O4/c1-5-39(35(42)38-23-26-14-17-31(18-15-26)36(2,3)4)33(37)11-7-9-25-8-6-10-28(20-25)29-16-19-32(43-24-27-12-13-27)30(21-29)22-34(40)41/h6,8,10,14-21,27,37H,5,7,9,11-13,22-24H2,1-4H3,(H,38,42)(H,40,41). The summed E-state index contributed by atoms with van der Waals surface area (Å²) in [7, 11) is 0. The molecular weight excluding hydrogens is 538 g/mol. The SMILES string of the molecule is CCN(C(=N)CCCc1cccc(-c2ccc(OCC3CC3)c(CC(=O)O)c2)c1)C(=O)NCc1ccc(C(C)(C)C)cc1. The Kier molecular flexibility index (Phi) is 10.6. The minimum atomic E-state index is -0.880. The van der Waals surface area contributed by atoms with Gasteiger partial charge >= 0.3 is 12.0 Å². The Morgan fingerprint density at radius 2 is 1.72 bits per heavy atom. The van der Waals surface area contributed by atoms with Crippen molar-refractivity contribution in [1.82, 2.24) is 10.2 Å². The van der Waals surface area contributed by atoms with E-state index in [4.69, 9.17) is 10.1 Å². The van der Waals surface area contributed by atoms with Crippen molar-refractivity contribution in [1.29, 1.82) is 5.41 Å². The number of urea groups is 1. The average molecular weight is 584 g/mol. The molecule has 0 aliphatic heterocycles. The third kappa shape index (κ3) is 9.43. The second kappa shape index (κ2) is 14.4. The van der Waals surface area contributed by atoms with E-state index in [1.54, 1.807) is 0 Å². The fraction of sp³-hybridized carbons (Fsp3) is 0.417. The maximum atomic E-state index is 12.9. The molecule has 0 aromatic heterocycles. The number of carboxylic acid groups (broad SMARTS) is 1. The molecule has 0 spiro atoms. The molecule has 2 amide bonds. The molecule has 7 heteroatoms. The number of benzene rings is 3. The zero-order valence-corrected chi connectivity index (χ0v) is 25.9. The van der Waals surface area contributed by atoms with Gasteiger partial charge in [-0.3, -0.25) is 15.1 Å². The first kappa shape index (κ1) is 31.8. The van der Waals surface area contributed by atoms with Gasteiger partial charge < -0.3 is 15.2 Å². The van der Waals surface area contributed by atoms with Crippen molar-refractivity contribution >= 4 is 17.8 Å². The van der Waals surface area contributed by atoms with Gasteiger partial charge in [-0.1, -0.05) is 75.4 Å². The molecule has 0 atom stereocenters. The molecule has 0 heterocycles. The highest BCUT2D eigenvalue weighted by molar-refractivity contribution is 5.95. The summed E-state index contributed by atoms with van der Waals surface area (Å²) in [6.07, 6.45) is 4.26. The number of hydrogen-bond donors (Lipinski definition) is 3. The van der Waals surface area contributed by atoms with Crippen molar-refractivity contribution in [3.05, 3.63) is 89.0 Å². The number of hydrogen-bond acceptors (Lipinski definition) is 4. The van der Waals surface area contributed by atoms with E-state index in [0.717, 1.165) is 35.1 Å². The third-order valence-corrected chi connectivity index (χ3v) is 7.86. The minimum Gasteiger partial charge on any atom is -0.493 e. The number of aryl methyl sites for hydroxylation is 1. The van der Waals surface area contributed by atoms with E-state index >= 15 is 0 Å². The molecule has 0 saturated heterocycles. The Labute approximate surface area is 255 Å². The van der Waals surface area contributed by atoms with Gasteiger partial charge in [-0.2, -0.15) is 0 Å². The van der Waals surface area contributed by atoms with Gasteiger partial charge in [0.1, 0.15) is 11.6 Å². The van der Waals surface area contributed by atoms with Gasteiger partial charge in [0.2, 0.25) is 0 Å². The number of amides is 2. The second-order valence-electron chi connectivity index (χ2n) is 12.5. The summed E-state index contributed by atoms with van der Waals surface area (Å²) in [4.78, 5) is 25.9. The molecule has 4 rings (SSSR count). The van der Waals surface area contributed by atoms with Crippen molar-refractivity contribution in [2.75, 3.05) is 13.2 Å². The first-order valence-electron chi connectivity index (χ1n) is 15.3. The maximum Gasteiger partial charge on any atom is 0.323 e. The topological polar surface area (TPSA) is 103 Å². The van der Waals surface area contributed by atoms with Crippen LogP contribution in [0.3, 0.4) is 0 Å². The lowest BCUT2D eigenvalue weighted by atomic mass is 9.87. The van der Waals surface area contributed by atoms with Gasteiger partial charge in [-0.15, -0.1) is 0 Å². The highest BCUT2D eigenvalue weighted by Gasteiger charge is 2.23. The molecule has 43 heavy (non-hydrogen) atoms. The van der Waals surface area contributed by atoms with Gasteiger partial charge in [-0.25, -0.2) is 4.79 Å². The van der Waals surface area contributed by atoms with Crippen LogP contribution in [0.15, 0.2) is 66.7 Å². The Morgan fingerprint density at radius 1 is 1.00 bits per heavy atom. The fourth-order valence-corrected chi connectivity index (χ4v) is 5.05. The normalized spacial score (nSPS) is 12.9. The highest BCUT2D eigenvalue weighted by atomic mass is 16.5. The zero-order chi connectivity index (χ0) is 31.0. The van der Waals surface area contributed by atoms with E-state index in [1.807, 2.05) is 49.4 Å². The van der Waals surface area contributed by atoms with Crippen LogP contribution in [0.25, 0.3) is 11.1 Å². The van der Waals surface area contributed by atoms with E-state index in [-0.39, 0.29) is 17.9 Å². The molecule has 3 aromatic carbocycles. The number of aliphatic carboxylic acids is 1. The van der Waals surface area contributed by atoms with Crippen LogP contribution in [0.1, 0.15) is 75.6 Å². The molecule has 1 aliphatic rings. The summed E-state index contributed by atoms with van der Waals surface area (Å²) in [5.74, 6) is 0.662. The molecule has 0 radical (unpaired) electrons. The maximum absolute atomic E-state index is 12.9. The molecule has 1 fully saturated rings. The third-order valence-electron chi connectivity index (χ3n) is 7.86. The molecule has 1 saturated carbocycles. The summed E-state index contributed by atoms with van der Waals surface area (Å²) >= 11 is 0. The van der Waals surface area contributed by atoms with Gasteiger partial charge in [0.05, 0.1) is 13.0 Å². The van der Waals surface area contributed by atoms with Crippen LogP contribution >= 0.6 is 0 Å². The number of rotatable bonds is 13. The summed E-state index contributed by atoms with van der Waals surface area (Å²) in [5, 5.41) is 21.0. The number of amidine groups is 1. The van der Waals surface area contributed by atoms with Crippen LogP contribution < -0.4 is 10.1 Å². The van der Waals surface area contributed by atoms with Crippen molar-refractivity contribution in [2.24, 2.45) is 5.92 Å². The summed E-state index contributed by atoms with van der Waals surface area (Å²) < 4.78 is 5.93. The van der Waals surface area contributed by atoms with Crippen molar-refractivity contribution in [2.45, 2.75) is 78.2 Å². The molecule has 3 aromatic rings. The molecule has 3 N–H and O–H groups in total. The van der Waals surface area contributed by atoms with Gasteiger partial charge in [0.25, 0.3) is 0 Å². The second-order valence-corrected chi connectivity index (χ2v) is 12.5. The predicted octanol–water partition coefficient (Wildman–Crippen LogP) is 7.60. The number of carboxylic acids is 1. The number of carbonyl (C=O) groups excluding carboxylic acids is 1. The summed E-state index contributed by atoms with van der Waals surface area (Å²) in [6.45, 7) is 9.90. The minimum absolute atomic E-state index is 0.0817. The van der Waals surface area contributed by atoms with E-state index < -0.39 is 5.97 Å². The quantitative estimate of drug-likeness (QED) is 0.142. The van der Waals surface area contributed by atoms with Crippen molar-refractivity contribution in [3.63, 3.8) is 0 Å².